The van der Waals surface area contributed by atoms with Crippen LogP contribution in [0.5, 0.6) is 0 Å². The number of rotatable bonds is 3. The lowest BCUT2D eigenvalue weighted by atomic mass is 9.99. The Labute approximate surface area is 109 Å². The van der Waals surface area contributed by atoms with Crippen molar-refractivity contribution in [2.75, 3.05) is 19.6 Å². The molecule has 0 bridgehead atoms. The second-order valence-corrected chi connectivity index (χ2v) is 5.31. The lowest BCUT2D eigenvalue weighted by molar-refractivity contribution is 0.313. The molecule has 0 unspecified atom stereocenters. The van der Waals surface area contributed by atoms with Crippen LogP contribution in [0.1, 0.15) is 25.8 Å². The topological polar surface area (TPSA) is 3.24 Å². The van der Waals surface area contributed by atoms with Gasteiger partial charge in [0.05, 0.1) is 0 Å². The zero-order chi connectivity index (χ0) is 12.3. The van der Waals surface area contributed by atoms with Crippen molar-refractivity contribution in [2.45, 2.75) is 20.3 Å². The normalized spacial score (nSPS) is 17.3. The third-order valence-electron chi connectivity index (χ3n) is 3.05. The van der Waals surface area contributed by atoms with Crippen molar-refractivity contribution in [3.05, 3.63) is 46.8 Å². The molecule has 1 nitrogen and oxygen atoms in total. The van der Waals surface area contributed by atoms with E-state index in [2.05, 4.69) is 37.0 Å². The quantitative estimate of drug-likeness (QED) is 0.780. The van der Waals surface area contributed by atoms with E-state index in [0.29, 0.717) is 0 Å². The van der Waals surface area contributed by atoms with Crippen LogP contribution in [0.2, 0.25) is 5.02 Å². The van der Waals surface area contributed by atoms with Gasteiger partial charge in [0.25, 0.3) is 0 Å². The molecular weight excluding hydrogens is 230 g/mol. The summed E-state index contributed by atoms with van der Waals surface area (Å²) < 4.78 is 0. The number of hydrogen-bond donors (Lipinski definition) is 0. The van der Waals surface area contributed by atoms with Crippen LogP contribution in [0.15, 0.2) is 30.3 Å². The summed E-state index contributed by atoms with van der Waals surface area (Å²) in [5, 5.41) is 0.866. The van der Waals surface area contributed by atoms with Gasteiger partial charge in [-0.05, 0) is 29.5 Å². The van der Waals surface area contributed by atoms with E-state index >= 15 is 0 Å². The van der Waals surface area contributed by atoms with E-state index in [1.54, 1.807) is 0 Å². The Morgan fingerprint density at radius 1 is 1.29 bits per heavy atom. The second kappa shape index (κ2) is 5.70. The number of halogens is 1. The molecular formula is C15H19ClN. The molecule has 0 aliphatic carbocycles. The van der Waals surface area contributed by atoms with Gasteiger partial charge in [-0.1, -0.05) is 49.7 Å². The zero-order valence-corrected chi connectivity index (χ0v) is 11.3. The van der Waals surface area contributed by atoms with Crippen LogP contribution in [-0.2, 0) is 0 Å². The predicted molar refractivity (Wildman–Crippen MR) is 75.1 cm³/mol. The maximum Gasteiger partial charge on any atom is 0.0481 e. The smallest absolute Gasteiger partial charge is 0.0481 e. The van der Waals surface area contributed by atoms with Crippen molar-refractivity contribution in [1.29, 1.82) is 0 Å². The van der Waals surface area contributed by atoms with Gasteiger partial charge in [-0.25, -0.2) is 0 Å². The second-order valence-electron chi connectivity index (χ2n) is 4.90. The molecule has 1 aliphatic heterocycles. The van der Waals surface area contributed by atoms with Gasteiger partial charge >= 0.3 is 0 Å². The fourth-order valence-corrected chi connectivity index (χ4v) is 2.53. The van der Waals surface area contributed by atoms with Crippen LogP contribution in [0.3, 0.4) is 0 Å². The van der Waals surface area contributed by atoms with E-state index < -0.39 is 0 Å². The minimum absolute atomic E-state index is 0.866. The van der Waals surface area contributed by atoms with Gasteiger partial charge < -0.3 is 0 Å². The highest BCUT2D eigenvalue weighted by Gasteiger charge is 2.15. The van der Waals surface area contributed by atoms with Gasteiger partial charge in [-0.2, -0.15) is 0 Å². The molecule has 17 heavy (non-hydrogen) atoms. The molecule has 91 valence electrons. The van der Waals surface area contributed by atoms with Crippen LogP contribution in [-0.4, -0.2) is 24.5 Å². The average Bonchev–Trinajstić information content (AvgIpc) is 2.30. The van der Waals surface area contributed by atoms with Gasteiger partial charge in [0.15, 0.2) is 0 Å². The molecule has 0 fully saturated rings. The zero-order valence-electron chi connectivity index (χ0n) is 10.5. The molecule has 0 saturated heterocycles. The number of nitrogens with zero attached hydrogens (tertiary/aromatic N) is 1. The maximum absolute atomic E-state index is 6.22. The Balaban J connectivity index is 2.06. The van der Waals surface area contributed by atoms with Crippen molar-refractivity contribution in [3.8, 4) is 0 Å². The van der Waals surface area contributed by atoms with Crippen LogP contribution in [0.4, 0.5) is 0 Å². The highest BCUT2D eigenvalue weighted by atomic mass is 35.5. The summed E-state index contributed by atoms with van der Waals surface area (Å²) in [5.41, 5.74) is 2.59. The van der Waals surface area contributed by atoms with Gasteiger partial charge in [0, 0.05) is 24.7 Å². The first-order chi connectivity index (χ1) is 8.16. The third kappa shape index (κ3) is 3.34. The van der Waals surface area contributed by atoms with Crippen molar-refractivity contribution < 1.29 is 0 Å². The highest BCUT2D eigenvalue weighted by Crippen LogP contribution is 2.28. The predicted octanol–water partition coefficient (Wildman–Crippen LogP) is 4.04. The minimum Gasteiger partial charge on any atom is -0.299 e. The summed E-state index contributed by atoms with van der Waals surface area (Å²) >= 11 is 6.22. The Bertz CT molecular complexity index is 409. The summed E-state index contributed by atoms with van der Waals surface area (Å²) in [5.74, 6) is 1.47. The Morgan fingerprint density at radius 3 is 2.65 bits per heavy atom. The standard InChI is InChI=1S/C15H19ClN/c1-12(2)11-17-9-7-13(8-10-17)14-5-3-4-6-15(14)16/h3-7H,8-11H2,1-2H3. The molecule has 1 radical (unpaired) electrons. The van der Waals surface area contributed by atoms with Crippen LogP contribution >= 0.6 is 11.6 Å². The molecule has 1 heterocycles. The number of benzene rings is 1. The molecule has 0 amide bonds. The van der Waals surface area contributed by atoms with Gasteiger partial charge in [0.1, 0.15) is 0 Å². The monoisotopic (exact) mass is 248 g/mol. The molecule has 2 rings (SSSR count). The van der Waals surface area contributed by atoms with Crippen molar-refractivity contribution >= 4 is 17.2 Å². The molecule has 1 aliphatic rings. The van der Waals surface area contributed by atoms with E-state index in [0.717, 1.165) is 31.1 Å². The molecule has 1 aromatic carbocycles. The summed E-state index contributed by atoms with van der Waals surface area (Å²) in [6.45, 7) is 7.64. The van der Waals surface area contributed by atoms with Crippen molar-refractivity contribution in [1.82, 2.24) is 4.90 Å². The Kier molecular flexibility index (Phi) is 4.25. The van der Waals surface area contributed by atoms with Crippen LogP contribution in [0, 0.1) is 5.92 Å². The lowest BCUT2D eigenvalue weighted by Gasteiger charge is -2.27. The molecule has 1 aromatic rings. The van der Waals surface area contributed by atoms with Crippen LogP contribution in [0.25, 0.3) is 5.57 Å². The summed E-state index contributed by atoms with van der Waals surface area (Å²) in [4.78, 5) is 2.47. The SMILES string of the molecule is C[C](C)CN1CC=C(c2ccccc2Cl)CC1. The minimum atomic E-state index is 0.866. The van der Waals surface area contributed by atoms with E-state index in [-0.39, 0.29) is 0 Å². The summed E-state index contributed by atoms with van der Waals surface area (Å²) in [7, 11) is 0. The molecule has 0 saturated carbocycles. The van der Waals surface area contributed by atoms with Gasteiger partial charge in [-0.15, -0.1) is 0 Å². The fourth-order valence-electron chi connectivity index (χ4n) is 2.27. The first-order valence-corrected chi connectivity index (χ1v) is 6.50. The van der Waals surface area contributed by atoms with Crippen molar-refractivity contribution in [2.24, 2.45) is 0 Å². The molecule has 0 N–H and O–H groups in total. The maximum atomic E-state index is 6.22. The van der Waals surface area contributed by atoms with Gasteiger partial charge in [0.2, 0.25) is 0 Å². The largest absolute Gasteiger partial charge is 0.299 e. The van der Waals surface area contributed by atoms with E-state index in [4.69, 9.17) is 11.6 Å². The van der Waals surface area contributed by atoms with Gasteiger partial charge in [-0.3, -0.25) is 4.90 Å². The molecule has 0 atom stereocenters. The molecule has 0 spiro atoms. The van der Waals surface area contributed by atoms with E-state index in [9.17, 15) is 0 Å². The Morgan fingerprint density at radius 2 is 2.06 bits per heavy atom. The number of hydrogen-bond acceptors (Lipinski definition) is 1. The summed E-state index contributed by atoms with van der Waals surface area (Å²) in [6, 6.07) is 8.12. The lowest BCUT2D eigenvalue weighted by Crippen LogP contribution is -2.31. The first-order valence-electron chi connectivity index (χ1n) is 6.12. The van der Waals surface area contributed by atoms with Crippen molar-refractivity contribution in [3.63, 3.8) is 0 Å². The first kappa shape index (κ1) is 12.7. The molecule has 0 aromatic heterocycles. The Hall–Kier alpha value is -0.790. The van der Waals surface area contributed by atoms with E-state index in [1.807, 2.05) is 12.1 Å². The van der Waals surface area contributed by atoms with Crippen LogP contribution < -0.4 is 0 Å². The molecule has 2 heteroatoms. The van der Waals surface area contributed by atoms with E-state index in [1.165, 1.54) is 17.1 Å². The summed E-state index contributed by atoms with van der Waals surface area (Å²) in [6.07, 6.45) is 3.41. The average molecular weight is 249 g/mol. The third-order valence-corrected chi connectivity index (χ3v) is 3.38. The fraction of sp³-hybridized carbons (Fsp3) is 0.400. The highest BCUT2D eigenvalue weighted by molar-refractivity contribution is 6.32.